The second-order valence-electron chi connectivity index (χ2n) is 3.79. The Hall–Kier alpha value is -2.01. The molecule has 5 nitrogen and oxygen atoms in total. The van der Waals surface area contributed by atoms with Crippen LogP contribution in [0.5, 0.6) is 11.5 Å². The molecule has 0 atom stereocenters. The second kappa shape index (κ2) is 5.32. The average molecular weight is 282 g/mol. The number of rotatable bonds is 3. The zero-order valence-corrected chi connectivity index (χ0v) is 11.4. The van der Waals surface area contributed by atoms with E-state index in [-0.39, 0.29) is 5.70 Å². The van der Waals surface area contributed by atoms with Crippen LogP contribution < -0.4 is 9.47 Å². The quantitative estimate of drug-likeness (QED) is 0.631. The summed E-state index contributed by atoms with van der Waals surface area (Å²) in [6, 6.07) is 3.36. The van der Waals surface area contributed by atoms with Gasteiger partial charge in [0.2, 0.25) is 0 Å². The Morgan fingerprint density at radius 2 is 2.05 bits per heavy atom. The zero-order valence-electron chi connectivity index (χ0n) is 10.7. The summed E-state index contributed by atoms with van der Waals surface area (Å²) in [5.41, 5.74) is 0.897. The van der Waals surface area contributed by atoms with E-state index in [1.54, 1.807) is 25.1 Å². The van der Waals surface area contributed by atoms with Gasteiger partial charge in [-0.1, -0.05) is 11.6 Å². The van der Waals surface area contributed by atoms with Gasteiger partial charge in [-0.05, 0) is 23.8 Å². The summed E-state index contributed by atoms with van der Waals surface area (Å²) in [5.74, 6) is 0.764. The number of methoxy groups -OCH3 is 2. The third kappa shape index (κ3) is 2.71. The van der Waals surface area contributed by atoms with Crippen molar-refractivity contribution in [3.05, 3.63) is 28.4 Å². The number of esters is 1. The molecule has 0 saturated carbocycles. The number of hydrogen-bond acceptors (Lipinski definition) is 5. The number of ether oxygens (including phenoxy) is 3. The van der Waals surface area contributed by atoms with Crippen LogP contribution in [0.1, 0.15) is 12.5 Å². The molecule has 0 unspecified atom stereocenters. The van der Waals surface area contributed by atoms with E-state index in [0.29, 0.717) is 28.0 Å². The molecule has 6 heteroatoms. The van der Waals surface area contributed by atoms with Crippen LogP contribution in [0, 0.1) is 0 Å². The highest BCUT2D eigenvalue weighted by atomic mass is 35.5. The van der Waals surface area contributed by atoms with Gasteiger partial charge >= 0.3 is 5.97 Å². The number of halogens is 1. The van der Waals surface area contributed by atoms with Crippen LogP contribution in [-0.4, -0.2) is 26.1 Å². The highest BCUT2D eigenvalue weighted by Gasteiger charge is 2.20. The molecule has 0 amide bonds. The summed E-state index contributed by atoms with van der Waals surface area (Å²) >= 11 is 6.08. The molecule has 0 aliphatic carbocycles. The fourth-order valence-corrected chi connectivity index (χ4v) is 1.99. The molecule has 1 aliphatic heterocycles. The number of hydrogen-bond donors (Lipinski definition) is 0. The molecule has 100 valence electrons. The Kier molecular flexibility index (Phi) is 3.76. The molecule has 0 saturated heterocycles. The number of nitrogens with zero attached hydrogens (tertiary/aromatic N) is 1. The molecular formula is C13H12ClNO4. The van der Waals surface area contributed by atoms with Gasteiger partial charge in [0.25, 0.3) is 0 Å². The average Bonchev–Trinajstić information content (AvgIpc) is 2.67. The van der Waals surface area contributed by atoms with E-state index in [1.807, 2.05) is 0 Å². The minimum Gasteiger partial charge on any atom is -0.493 e. The summed E-state index contributed by atoms with van der Waals surface area (Å²) < 4.78 is 15.1. The van der Waals surface area contributed by atoms with Crippen LogP contribution in [0.4, 0.5) is 0 Å². The van der Waals surface area contributed by atoms with Crippen molar-refractivity contribution in [1.82, 2.24) is 0 Å². The van der Waals surface area contributed by atoms with E-state index in [4.69, 9.17) is 25.8 Å². The summed E-state index contributed by atoms with van der Waals surface area (Å²) in [6.07, 6.45) is 1.58. The van der Waals surface area contributed by atoms with Crippen molar-refractivity contribution in [3.63, 3.8) is 0 Å². The zero-order chi connectivity index (χ0) is 14.0. The van der Waals surface area contributed by atoms with Gasteiger partial charge in [-0.2, -0.15) is 0 Å². The Balaban J connectivity index is 2.45. The smallest absolute Gasteiger partial charge is 0.363 e. The van der Waals surface area contributed by atoms with Gasteiger partial charge in [-0.3, -0.25) is 0 Å². The number of carbonyl (C=O) groups is 1. The van der Waals surface area contributed by atoms with Gasteiger partial charge in [-0.15, -0.1) is 0 Å². The first-order chi connectivity index (χ1) is 9.05. The fraction of sp³-hybridized carbons (Fsp3) is 0.231. The molecule has 1 aliphatic rings. The predicted molar refractivity (Wildman–Crippen MR) is 71.7 cm³/mol. The SMILES string of the molecule is COc1cc(C=C2N=C(C)OC2=O)cc(Cl)c1OC. The predicted octanol–water partition coefficient (Wildman–Crippen LogP) is 2.67. The third-order valence-corrected chi connectivity index (χ3v) is 2.77. The van der Waals surface area contributed by atoms with E-state index < -0.39 is 5.97 Å². The number of cyclic esters (lactones) is 1. The lowest BCUT2D eigenvalue weighted by Crippen LogP contribution is -2.00. The maximum atomic E-state index is 11.5. The number of aliphatic imine (C=N–C) groups is 1. The Morgan fingerprint density at radius 3 is 2.58 bits per heavy atom. The minimum atomic E-state index is -0.483. The molecule has 0 bridgehead atoms. The molecule has 0 spiro atoms. The van der Waals surface area contributed by atoms with Gasteiger partial charge in [-0.25, -0.2) is 9.79 Å². The van der Waals surface area contributed by atoms with Crippen LogP contribution in [-0.2, 0) is 9.53 Å². The van der Waals surface area contributed by atoms with E-state index in [0.717, 1.165) is 0 Å². The molecule has 1 heterocycles. The van der Waals surface area contributed by atoms with Gasteiger partial charge in [0.1, 0.15) is 0 Å². The first-order valence-corrected chi connectivity index (χ1v) is 5.83. The molecule has 1 aromatic rings. The van der Waals surface area contributed by atoms with Crippen LogP contribution in [0.25, 0.3) is 6.08 Å². The topological polar surface area (TPSA) is 57.1 Å². The van der Waals surface area contributed by atoms with Crippen molar-refractivity contribution in [2.45, 2.75) is 6.92 Å². The van der Waals surface area contributed by atoms with Crippen molar-refractivity contribution < 1.29 is 19.0 Å². The van der Waals surface area contributed by atoms with Crippen molar-refractivity contribution in [2.75, 3.05) is 14.2 Å². The maximum Gasteiger partial charge on any atom is 0.363 e. The molecule has 1 aromatic carbocycles. The van der Waals surface area contributed by atoms with Gasteiger partial charge in [0.15, 0.2) is 23.1 Å². The van der Waals surface area contributed by atoms with Crippen molar-refractivity contribution in [3.8, 4) is 11.5 Å². The lowest BCUT2D eigenvalue weighted by molar-refractivity contribution is -0.130. The van der Waals surface area contributed by atoms with Crippen LogP contribution in [0.2, 0.25) is 5.02 Å². The van der Waals surface area contributed by atoms with E-state index in [9.17, 15) is 4.79 Å². The van der Waals surface area contributed by atoms with Gasteiger partial charge in [0.05, 0.1) is 19.2 Å². The van der Waals surface area contributed by atoms with Gasteiger partial charge < -0.3 is 14.2 Å². The first-order valence-electron chi connectivity index (χ1n) is 5.46. The minimum absolute atomic E-state index is 0.223. The van der Waals surface area contributed by atoms with Crippen molar-refractivity contribution >= 4 is 29.5 Å². The number of carbonyl (C=O) groups excluding carboxylic acids is 1. The van der Waals surface area contributed by atoms with Crippen LogP contribution in [0.3, 0.4) is 0 Å². The molecule has 0 fully saturated rings. The van der Waals surface area contributed by atoms with Crippen LogP contribution >= 0.6 is 11.6 Å². The summed E-state index contributed by atoms with van der Waals surface area (Å²) in [7, 11) is 3.01. The summed E-state index contributed by atoms with van der Waals surface area (Å²) in [6.45, 7) is 1.61. The monoisotopic (exact) mass is 281 g/mol. The molecule has 0 N–H and O–H groups in total. The largest absolute Gasteiger partial charge is 0.493 e. The van der Waals surface area contributed by atoms with Gasteiger partial charge in [0, 0.05) is 6.92 Å². The first kappa shape index (κ1) is 13.4. The maximum absolute atomic E-state index is 11.5. The lowest BCUT2D eigenvalue weighted by Gasteiger charge is -2.10. The fourth-order valence-electron chi connectivity index (χ4n) is 1.69. The molecule has 0 aromatic heterocycles. The Labute approximate surface area is 115 Å². The standard InChI is InChI=1S/C13H12ClNO4/c1-7-15-10(13(16)19-7)5-8-4-9(14)12(18-3)11(6-8)17-2/h4-6H,1-3H3. The number of benzene rings is 1. The summed E-state index contributed by atoms with van der Waals surface area (Å²) in [5, 5.41) is 0.390. The lowest BCUT2D eigenvalue weighted by atomic mass is 10.1. The van der Waals surface area contributed by atoms with Crippen LogP contribution in [0.15, 0.2) is 22.8 Å². The van der Waals surface area contributed by atoms with Crippen molar-refractivity contribution in [2.24, 2.45) is 4.99 Å². The van der Waals surface area contributed by atoms with E-state index >= 15 is 0 Å². The summed E-state index contributed by atoms with van der Waals surface area (Å²) in [4.78, 5) is 15.4. The highest BCUT2D eigenvalue weighted by molar-refractivity contribution is 6.32. The second-order valence-corrected chi connectivity index (χ2v) is 4.20. The van der Waals surface area contributed by atoms with E-state index in [2.05, 4.69) is 4.99 Å². The Morgan fingerprint density at radius 1 is 1.32 bits per heavy atom. The molecular weight excluding hydrogens is 270 g/mol. The molecule has 19 heavy (non-hydrogen) atoms. The Bertz CT molecular complexity index is 593. The van der Waals surface area contributed by atoms with E-state index in [1.165, 1.54) is 14.2 Å². The van der Waals surface area contributed by atoms with Crippen molar-refractivity contribution in [1.29, 1.82) is 0 Å². The normalized spacial score (nSPS) is 16.3. The highest BCUT2D eigenvalue weighted by Crippen LogP contribution is 2.36. The molecule has 0 radical (unpaired) electrons. The third-order valence-electron chi connectivity index (χ3n) is 2.49. The molecule has 2 rings (SSSR count).